The van der Waals surface area contributed by atoms with Gasteiger partial charge in [0.25, 0.3) is 0 Å². The van der Waals surface area contributed by atoms with Crippen molar-refractivity contribution in [2.45, 2.75) is 35.7 Å². The van der Waals surface area contributed by atoms with Crippen molar-refractivity contribution in [3.05, 3.63) is 24.3 Å². The van der Waals surface area contributed by atoms with E-state index in [1.54, 1.807) is 0 Å². The van der Waals surface area contributed by atoms with Crippen LogP contribution in [0.2, 0.25) is 0 Å². The van der Waals surface area contributed by atoms with Gasteiger partial charge in [0.15, 0.2) is 0 Å². The smallest absolute Gasteiger partial charge is 0.243 e. The zero-order valence-corrected chi connectivity index (χ0v) is 14.7. The van der Waals surface area contributed by atoms with Crippen LogP contribution in [0.1, 0.15) is 13.8 Å². The molecule has 22 heavy (non-hydrogen) atoms. The normalized spacial score (nSPS) is 23.8. The third-order valence-electron chi connectivity index (χ3n) is 3.30. The van der Waals surface area contributed by atoms with E-state index in [9.17, 15) is 16.8 Å². The van der Waals surface area contributed by atoms with Gasteiger partial charge in [0.2, 0.25) is 20.0 Å². The standard InChI is InChI=1S/C12H19N3O4S2.ClH/c1-9-7-15(8-10(2)14-9)21(18,19)12-5-3-4-11(6-12)20(13,16)17;/h3-6,9-10,14H,7-8H2,1-2H3,(H2,13,16,17);1H. The van der Waals surface area contributed by atoms with E-state index in [2.05, 4.69) is 5.32 Å². The predicted octanol–water partition coefficient (Wildman–Crippen LogP) is 0.127. The monoisotopic (exact) mass is 369 g/mol. The van der Waals surface area contributed by atoms with Gasteiger partial charge in [-0.25, -0.2) is 22.0 Å². The van der Waals surface area contributed by atoms with Crippen LogP contribution in [0, 0.1) is 0 Å². The van der Waals surface area contributed by atoms with Gasteiger partial charge in [-0.3, -0.25) is 0 Å². The molecule has 2 rings (SSSR count). The fourth-order valence-corrected chi connectivity index (χ4v) is 4.73. The maximum Gasteiger partial charge on any atom is 0.243 e. The van der Waals surface area contributed by atoms with Gasteiger partial charge in [-0.2, -0.15) is 4.31 Å². The van der Waals surface area contributed by atoms with E-state index in [0.717, 1.165) is 6.07 Å². The second-order valence-electron chi connectivity index (χ2n) is 5.31. The van der Waals surface area contributed by atoms with Crippen molar-refractivity contribution in [2.75, 3.05) is 13.1 Å². The van der Waals surface area contributed by atoms with Crippen molar-refractivity contribution in [1.29, 1.82) is 0 Å². The molecule has 0 saturated carbocycles. The molecule has 0 bridgehead atoms. The Morgan fingerprint density at radius 1 is 1.09 bits per heavy atom. The third-order valence-corrected chi connectivity index (χ3v) is 6.03. The fourth-order valence-electron chi connectivity index (χ4n) is 2.43. The lowest BCUT2D eigenvalue weighted by atomic mass is 10.2. The highest BCUT2D eigenvalue weighted by atomic mass is 35.5. The van der Waals surface area contributed by atoms with Gasteiger partial charge in [0, 0.05) is 25.2 Å². The first-order valence-electron chi connectivity index (χ1n) is 6.50. The van der Waals surface area contributed by atoms with Gasteiger partial charge in [0.05, 0.1) is 9.79 Å². The number of primary sulfonamides is 1. The first-order valence-corrected chi connectivity index (χ1v) is 9.48. The van der Waals surface area contributed by atoms with Crippen LogP contribution in [0.15, 0.2) is 34.1 Å². The molecule has 0 aromatic heterocycles. The SMILES string of the molecule is CC1CN(S(=O)(=O)c2cccc(S(N)(=O)=O)c2)CC(C)N1.Cl. The van der Waals surface area contributed by atoms with Crippen LogP contribution in [0.25, 0.3) is 0 Å². The Morgan fingerprint density at radius 2 is 1.59 bits per heavy atom. The van der Waals surface area contributed by atoms with Gasteiger partial charge in [-0.15, -0.1) is 12.4 Å². The van der Waals surface area contributed by atoms with Crippen molar-refractivity contribution < 1.29 is 16.8 Å². The van der Waals surface area contributed by atoms with Crippen LogP contribution in [0.4, 0.5) is 0 Å². The maximum atomic E-state index is 12.6. The highest BCUT2D eigenvalue weighted by Gasteiger charge is 2.31. The van der Waals surface area contributed by atoms with E-state index in [4.69, 9.17) is 5.14 Å². The lowest BCUT2D eigenvalue weighted by Gasteiger charge is -2.35. The number of nitrogens with one attached hydrogen (secondary N) is 1. The third kappa shape index (κ3) is 4.18. The molecule has 0 spiro atoms. The van der Waals surface area contributed by atoms with E-state index in [-0.39, 0.29) is 34.3 Å². The molecular formula is C12H20ClN3O4S2. The molecule has 2 atom stereocenters. The topological polar surface area (TPSA) is 110 Å². The summed E-state index contributed by atoms with van der Waals surface area (Å²) in [4.78, 5) is -0.268. The molecule has 1 aromatic rings. The van der Waals surface area contributed by atoms with E-state index in [1.807, 2.05) is 13.8 Å². The fraction of sp³-hybridized carbons (Fsp3) is 0.500. The summed E-state index contributed by atoms with van der Waals surface area (Å²) in [6.45, 7) is 4.48. The summed E-state index contributed by atoms with van der Waals surface area (Å²) in [5.41, 5.74) is 0. The van der Waals surface area contributed by atoms with Crippen molar-refractivity contribution >= 4 is 32.5 Å². The quantitative estimate of drug-likeness (QED) is 0.786. The molecule has 10 heteroatoms. The van der Waals surface area contributed by atoms with E-state index < -0.39 is 20.0 Å². The summed E-state index contributed by atoms with van der Waals surface area (Å²) >= 11 is 0. The number of sulfonamides is 2. The zero-order chi connectivity index (χ0) is 15.8. The number of piperazine rings is 1. The molecule has 1 aliphatic heterocycles. The second-order valence-corrected chi connectivity index (χ2v) is 8.81. The second kappa shape index (κ2) is 6.81. The lowest BCUT2D eigenvalue weighted by Crippen LogP contribution is -2.55. The Labute approximate surface area is 137 Å². The number of rotatable bonds is 3. The minimum Gasteiger partial charge on any atom is -0.309 e. The van der Waals surface area contributed by atoms with Crippen molar-refractivity contribution in [3.8, 4) is 0 Å². The molecule has 2 unspecified atom stereocenters. The first-order chi connectivity index (χ1) is 9.60. The molecule has 0 amide bonds. The molecule has 1 fully saturated rings. The largest absolute Gasteiger partial charge is 0.309 e. The minimum absolute atomic E-state index is 0. The molecule has 1 aliphatic rings. The van der Waals surface area contributed by atoms with Gasteiger partial charge in [0.1, 0.15) is 0 Å². The minimum atomic E-state index is -3.93. The predicted molar refractivity (Wildman–Crippen MR) is 85.9 cm³/mol. The molecule has 7 nitrogen and oxygen atoms in total. The molecule has 0 radical (unpaired) electrons. The van der Waals surface area contributed by atoms with Crippen LogP contribution in [0.3, 0.4) is 0 Å². The first kappa shape index (κ1) is 19.3. The van der Waals surface area contributed by atoms with Crippen molar-refractivity contribution in [3.63, 3.8) is 0 Å². The van der Waals surface area contributed by atoms with Gasteiger partial charge < -0.3 is 5.32 Å². The number of hydrogen-bond donors (Lipinski definition) is 2. The summed E-state index contributed by atoms with van der Waals surface area (Å²) in [6, 6.07) is 5.19. The molecule has 0 aliphatic carbocycles. The number of benzene rings is 1. The van der Waals surface area contributed by atoms with Crippen LogP contribution in [0.5, 0.6) is 0 Å². The summed E-state index contributed by atoms with van der Waals surface area (Å²) in [6.07, 6.45) is 0. The molecule has 126 valence electrons. The maximum absolute atomic E-state index is 12.6. The van der Waals surface area contributed by atoms with Gasteiger partial charge in [-0.1, -0.05) is 6.07 Å². The zero-order valence-electron chi connectivity index (χ0n) is 12.3. The summed E-state index contributed by atoms with van der Waals surface area (Å²) in [7, 11) is -7.67. The highest BCUT2D eigenvalue weighted by molar-refractivity contribution is 7.90. The molecule has 3 N–H and O–H groups in total. The van der Waals surface area contributed by atoms with E-state index >= 15 is 0 Å². The number of hydrogen-bond acceptors (Lipinski definition) is 5. The van der Waals surface area contributed by atoms with Gasteiger partial charge >= 0.3 is 0 Å². The van der Waals surface area contributed by atoms with E-state index in [0.29, 0.717) is 13.1 Å². The Kier molecular flexibility index (Phi) is 5.99. The Hall–Kier alpha value is -0.710. The molecule has 1 heterocycles. The highest BCUT2D eigenvalue weighted by Crippen LogP contribution is 2.21. The van der Waals surface area contributed by atoms with Crippen LogP contribution in [-0.4, -0.2) is 46.3 Å². The van der Waals surface area contributed by atoms with E-state index in [1.165, 1.54) is 22.5 Å². The van der Waals surface area contributed by atoms with Crippen molar-refractivity contribution in [1.82, 2.24) is 9.62 Å². The number of halogens is 1. The lowest BCUT2D eigenvalue weighted by molar-refractivity contribution is 0.263. The van der Waals surface area contributed by atoms with Gasteiger partial charge in [-0.05, 0) is 32.0 Å². The Morgan fingerprint density at radius 3 is 2.09 bits per heavy atom. The molecule has 1 aromatic carbocycles. The number of nitrogens with zero attached hydrogens (tertiary/aromatic N) is 1. The van der Waals surface area contributed by atoms with Crippen LogP contribution >= 0.6 is 12.4 Å². The number of nitrogens with two attached hydrogens (primary N) is 1. The molecule has 1 saturated heterocycles. The summed E-state index contributed by atoms with van der Waals surface area (Å²) in [5, 5.41) is 8.29. The summed E-state index contributed by atoms with van der Waals surface area (Å²) < 4.78 is 49.3. The average molecular weight is 370 g/mol. The van der Waals surface area contributed by atoms with Crippen LogP contribution < -0.4 is 10.5 Å². The average Bonchev–Trinajstić information content (AvgIpc) is 2.36. The van der Waals surface area contributed by atoms with Crippen LogP contribution in [-0.2, 0) is 20.0 Å². The van der Waals surface area contributed by atoms with Crippen molar-refractivity contribution in [2.24, 2.45) is 5.14 Å². The Balaban J connectivity index is 0.00000242. The Bertz CT molecular complexity index is 726. The molecular weight excluding hydrogens is 350 g/mol. The summed E-state index contributed by atoms with van der Waals surface area (Å²) in [5.74, 6) is 0.